The number of aliphatic carboxylic acids is 1. The molecule has 14 heavy (non-hydrogen) atoms. The molecule has 0 aromatic rings. The van der Waals surface area contributed by atoms with Crippen molar-refractivity contribution in [3.05, 3.63) is 0 Å². The third kappa shape index (κ3) is 2.64. The van der Waals surface area contributed by atoms with E-state index in [1.807, 2.05) is 6.92 Å². The van der Waals surface area contributed by atoms with Gasteiger partial charge in [0, 0.05) is 6.54 Å². The van der Waals surface area contributed by atoms with Gasteiger partial charge < -0.3 is 10.4 Å². The van der Waals surface area contributed by atoms with Gasteiger partial charge in [-0.05, 0) is 18.3 Å². The first-order valence-corrected chi connectivity index (χ1v) is 4.68. The van der Waals surface area contributed by atoms with Crippen molar-refractivity contribution in [1.82, 2.24) is 5.32 Å². The van der Waals surface area contributed by atoms with Crippen LogP contribution in [0.1, 0.15) is 26.2 Å². The molecule has 82 valence electrons. The van der Waals surface area contributed by atoms with Gasteiger partial charge in [-0.2, -0.15) is 8.78 Å². The molecule has 0 unspecified atom stereocenters. The predicted octanol–water partition coefficient (Wildman–Crippen LogP) is 1.49. The molecule has 2 N–H and O–H groups in total. The summed E-state index contributed by atoms with van der Waals surface area (Å²) in [5.74, 6) is -5.72. The van der Waals surface area contributed by atoms with Gasteiger partial charge in [-0.3, -0.25) is 0 Å². The summed E-state index contributed by atoms with van der Waals surface area (Å²) in [6.45, 7) is 1.70. The lowest BCUT2D eigenvalue weighted by molar-refractivity contribution is -0.164. The maximum atomic E-state index is 12.6. The molecule has 1 aliphatic carbocycles. The minimum absolute atomic E-state index is 0.0918. The SMILES string of the molecule is CC1(CNCC(F)(F)C(=O)O)CCC1. The molecule has 5 heteroatoms. The van der Waals surface area contributed by atoms with Crippen molar-refractivity contribution in [3.63, 3.8) is 0 Å². The molecule has 3 nitrogen and oxygen atoms in total. The second kappa shape index (κ2) is 3.81. The Labute approximate surface area is 81.5 Å². The van der Waals surface area contributed by atoms with Crippen LogP contribution in [0.25, 0.3) is 0 Å². The van der Waals surface area contributed by atoms with Crippen LogP contribution < -0.4 is 5.32 Å². The van der Waals surface area contributed by atoms with E-state index < -0.39 is 18.4 Å². The summed E-state index contributed by atoms with van der Waals surface area (Å²) in [5.41, 5.74) is 0.0918. The molecule has 0 heterocycles. The number of carboxylic acid groups (broad SMARTS) is 1. The average Bonchev–Trinajstić information content (AvgIpc) is 2.00. The Morgan fingerprint density at radius 2 is 2.14 bits per heavy atom. The molecular formula is C9H15F2NO2. The van der Waals surface area contributed by atoms with Crippen LogP contribution in [0.3, 0.4) is 0 Å². The first-order chi connectivity index (χ1) is 6.36. The number of rotatable bonds is 5. The molecule has 1 aliphatic rings. The predicted molar refractivity (Wildman–Crippen MR) is 47.4 cm³/mol. The molecule has 0 aliphatic heterocycles. The molecule has 0 spiro atoms. The van der Waals surface area contributed by atoms with Crippen molar-refractivity contribution in [2.45, 2.75) is 32.1 Å². The van der Waals surface area contributed by atoms with E-state index in [0.29, 0.717) is 6.54 Å². The zero-order valence-corrected chi connectivity index (χ0v) is 8.15. The number of hydrogen-bond acceptors (Lipinski definition) is 2. The van der Waals surface area contributed by atoms with Crippen LogP contribution in [0, 0.1) is 5.41 Å². The van der Waals surface area contributed by atoms with E-state index in [4.69, 9.17) is 5.11 Å². The van der Waals surface area contributed by atoms with Gasteiger partial charge in [0.1, 0.15) is 0 Å². The standard InChI is InChI=1S/C9H15F2NO2/c1-8(3-2-4-8)5-12-6-9(10,11)7(13)14/h12H,2-6H2,1H3,(H,13,14). The molecule has 1 rings (SSSR count). The first kappa shape index (κ1) is 11.4. The number of nitrogens with one attached hydrogen (secondary N) is 1. The molecule has 0 atom stereocenters. The monoisotopic (exact) mass is 207 g/mol. The van der Waals surface area contributed by atoms with Gasteiger partial charge in [0.15, 0.2) is 0 Å². The third-order valence-corrected chi connectivity index (χ3v) is 2.77. The van der Waals surface area contributed by atoms with E-state index in [1.54, 1.807) is 0 Å². The number of alkyl halides is 2. The Hall–Kier alpha value is -0.710. The topological polar surface area (TPSA) is 49.3 Å². The van der Waals surface area contributed by atoms with Crippen molar-refractivity contribution in [2.75, 3.05) is 13.1 Å². The smallest absolute Gasteiger partial charge is 0.375 e. The molecule has 0 saturated heterocycles. The van der Waals surface area contributed by atoms with Gasteiger partial charge in [0.25, 0.3) is 0 Å². The minimum Gasteiger partial charge on any atom is -0.477 e. The highest BCUT2D eigenvalue weighted by molar-refractivity contribution is 5.75. The van der Waals surface area contributed by atoms with Crippen molar-refractivity contribution in [1.29, 1.82) is 0 Å². The normalized spacial score (nSPS) is 20.2. The molecule has 1 fully saturated rings. The molecule has 0 amide bonds. The molecule has 0 aromatic heterocycles. The summed E-state index contributed by atoms with van der Waals surface area (Å²) < 4.78 is 25.2. The summed E-state index contributed by atoms with van der Waals surface area (Å²) in [7, 11) is 0. The fourth-order valence-electron chi connectivity index (χ4n) is 1.55. The lowest BCUT2D eigenvalue weighted by atomic mass is 9.70. The van der Waals surface area contributed by atoms with Crippen molar-refractivity contribution < 1.29 is 18.7 Å². The second-order valence-electron chi connectivity index (χ2n) is 4.28. The third-order valence-electron chi connectivity index (χ3n) is 2.77. The summed E-state index contributed by atoms with van der Waals surface area (Å²) in [4.78, 5) is 10.1. The Balaban J connectivity index is 2.23. The van der Waals surface area contributed by atoms with Crippen molar-refractivity contribution >= 4 is 5.97 Å². The zero-order chi connectivity index (χ0) is 10.8. The number of carboxylic acids is 1. The van der Waals surface area contributed by atoms with E-state index in [-0.39, 0.29) is 5.41 Å². The van der Waals surface area contributed by atoms with Crippen molar-refractivity contribution in [2.24, 2.45) is 5.41 Å². The quantitative estimate of drug-likeness (QED) is 0.718. The van der Waals surface area contributed by atoms with Crippen LogP contribution in [0.4, 0.5) is 8.78 Å². The maximum absolute atomic E-state index is 12.6. The first-order valence-electron chi connectivity index (χ1n) is 4.68. The summed E-state index contributed by atoms with van der Waals surface area (Å²) in [5, 5.41) is 10.7. The average molecular weight is 207 g/mol. The lowest BCUT2D eigenvalue weighted by Gasteiger charge is -2.38. The molecule has 0 aromatic carbocycles. The van der Waals surface area contributed by atoms with Crippen LogP contribution in [-0.4, -0.2) is 30.1 Å². The zero-order valence-electron chi connectivity index (χ0n) is 8.15. The van der Waals surface area contributed by atoms with E-state index >= 15 is 0 Å². The van der Waals surface area contributed by atoms with Crippen LogP contribution in [0.2, 0.25) is 0 Å². The fraction of sp³-hybridized carbons (Fsp3) is 0.889. The highest BCUT2D eigenvalue weighted by Crippen LogP contribution is 2.39. The second-order valence-corrected chi connectivity index (χ2v) is 4.28. The maximum Gasteiger partial charge on any atom is 0.375 e. The largest absolute Gasteiger partial charge is 0.477 e. The summed E-state index contributed by atoms with van der Waals surface area (Å²) in [6, 6.07) is 0. The van der Waals surface area contributed by atoms with Crippen molar-refractivity contribution in [3.8, 4) is 0 Å². The van der Waals surface area contributed by atoms with Gasteiger partial charge in [-0.25, -0.2) is 4.79 Å². The number of carbonyl (C=O) groups is 1. The van der Waals surface area contributed by atoms with Crippen LogP contribution in [0.15, 0.2) is 0 Å². The Bertz CT molecular complexity index is 227. The molecule has 1 saturated carbocycles. The number of halogens is 2. The Morgan fingerprint density at radius 3 is 2.50 bits per heavy atom. The lowest BCUT2D eigenvalue weighted by Crippen LogP contribution is -2.45. The highest BCUT2D eigenvalue weighted by atomic mass is 19.3. The van der Waals surface area contributed by atoms with Crippen LogP contribution in [0.5, 0.6) is 0 Å². The van der Waals surface area contributed by atoms with Crippen LogP contribution in [-0.2, 0) is 4.79 Å². The summed E-state index contributed by atoms with van der Waals surface area (Å²) in [6.07, 6.45) is 3.19. The molecule has 0 bridgehead atoms. The van der Waals surface area contributed by atoms with Crippen LogP contribution >= 0.6 is 0 Å². The van der Waals surface area contributed by atoms with Gasteiger partial charge in [-0.1, -0.05) is 13.3 Å². The van der Waals surface area contributed by atoms with E-state index in [9.17, 15) is 13.6 Å². The van der Waals surface area contributed by atoms with Gasteiger partial charge in [-0.15, -0.1) is 0 Å². The van der Waals surface area contributed by atoms with Gasteiger partial charge >= 0.3 is 11.9 Å². The Morgan fingerprint density at radius 1 is 1.57 bits per heavy atom. The summed E-state index contributed by atoms with van der Waals surface area (Å²) >= 11 is 0. The number of hydrogen-bond donors (Lipinski definition) is 2. The van der Waals surface area contributed by atoms with Gasteiger partial charge in [0.2, 0.25) is 0 Å². The van der Waals surface area contributed by atoms with E-state index in [0.717, 1.165) is 19.3 Å². The molecule has 0 radical (unpaired) electrons. The minimum atomic E-state index is -3.65. The Kier molecular flexibility index (Phi) is 3.09. The molecular weight excluding hydrogens is 192 g/mol. The van der Waals surface area contributed by atoms with E-state index in [2.05, 4.69) is 5.32 Å². The fourth-order valence-corrected chi connectivity index (χ4v) is 1.55. The van der Waals surface area contributed by atoms with E-state index in [1.165, 1.54) is 0 Å². The van der Waals surface area contributed by atoms with Gasteiger partial charge in [0.05, 0.1) is 6.54 Å². The highest BCUT2D eigenvalue weighted by Gasteiger charge is 2.39.